The summed E-state index contributed by atoms with van der Waals surface area (Å²) in [6, 6.07) is 0. The minimum atomic E-state index is -0.811. The Morgan fingerprint density at radius 1 is 0.792 bits per heavy atom. The third kappa shape index (κ3) is 5.55. The second kappa shape index (κ2) is 10.3. The topological polar surface area (TPSA) is 27.7 Å². The van der Waals surface area contributed by atoms with Gasteiger partial charge in [-0.2, -0.15) is 0 Å². The first-order chi connectivity index (χ1) is 11.7. The fourth-order valence-corrected chi connectivity index (χ4v) is 6.33. The maximum Gasteiger partial charge on any atom is 0.251 e. The van der Waals surface area contributed by atoms with Crippen molar-refractivity contribution >= 4 is 9.52 Å². The number of hydrogen-bond acceptors (Lipinski definition) is 3. The molecule has 0 aromatic carbocycles. The minimum Gasteiger partial charge on any atom is -0.335 e. The van der Waals surface area contributed by atoms with Gasteiger partial charge in [0.25, 0.3) is 5.60 Å². The third-order valence-electron chi connectivity index (χ3n) is 6.48. The van der Waals surface area contributed by atoms with E-state index in [1.54, 1.807) is 21.3 Å². The van der Waals surface area contributed by atoms with E-state index in [9.17, 15) is 0 Å². The number of ether oxygens (including phenoxy) is 3. The molecule has 2 radical (unpaired) electrons. The highest BCUT2D eigenvalue weighted by atomic mass is 28.2. The Morgan fingerprint density at radius 3 is 1.75 bits per heavy atom. The van der Waals surface area contributed by atoms with Crippen LogP contribution in [0.25, 0.3) is 0 Å². The van der Waals surface area contributed by atoms with Gasteiger partial charge in [-0.05, 0) is 36.1 Å². The molecule has 2 fully saturated rings. The molecule has 0 amide bonds. The number of rotatable bonds is 9. The molecule has 0 bridgehead atoms. The highest BCUT2D eigenvalue weighted by molar-refractivity contribution is 6.40. The van der Waals surface area contributed by atoms with Crippen molar-refractivity contribution in [2.75, 3.05) is 21.3 Å². The Bertz CT molecular complexity index is 322. The van der Waals surface area contributed by atoms with Crippen LogP contribution in [0.4, 0.5) is 0 Å². The normalized spacial score (nSPS) is 32.0. The van der Waals surface area contributed by atoms with Crippen LogP contribution in [0.2, 0.25) is 5.54 Å². The van der Waals surface area contributed by atoms with Gasteiger partial charge in [0.15, 0.2) is 9.52 Å². The van der Waals surface area contributed by atoms with Crippen molar-refractivity contribution in [1.82, 2.24) is 0 Å². The fourth-order valence-electron chi connectivity index (χ4n) is 4.85. The van der Waals surface area contributed by atoms with Gasteiger partial charge in [-0.1, -0.05) is 64.7 Å². The molecule has 0 spiro atoms. The van der Waals surface area contributed by atoms with Gasteiger partial charge < -0.3 is 14.2 Å². The molecule has 2 saturated carbocycles. The number of unbranched alkanes of at least 4 members (excludes halogenated alkanes) is 1. The minimum absolute atomic E-state index is 0.571. The summed E-state index contributed by atoms with van der Waals surface area (Å²) in [5.74, 6) is 3.01. The Labute approximate surface area is 152 Å². The zero-order valence-electron chi connectivity index (χ0n) is 16.3. The van der Waals surface area contributed by atoms with Gasteiger partial charge in [0.05, 0.1) is 0 Å². The highest BCUT2D eigenvalue weighted by Gasteiger charge is 2.37. The van der Waals surface area contributed by atoms with Crippen molar-refractivity contribution in [3.8, 4) is 0 Å². The second-order valence-corrected chi connectivity index (χ2v) is 9.57. The van der Waals surface area contributed by atoms with Crippen molar-refractivity contribution in [2.45, 2.75) is 88.7 Å². The van der Waals surface area contributed by atoms with Gasteiger partial charge in [-0.25, -0.2) is 0 Å². The van der Waals surface area contributed by atoms with E-state index < -0.39 is 5.60 Å². The van der Waals surface area contributed by atoms with Crippen LogP contribution in [0.5, 0.6) is 0 Å². The molecule has 4 heteroatoms. The molecule has 3 nitrogen and oxygen atoms in total. The molecule has 0 aromatic heterocycles. The monoisotopic (exact) mass is 354 g/mol. The summed E-state index contributed by atoms with van der Waals surface area (Å²) >= 11 is 0. The Balaban J connectivity index is 1.71. The zero-order chi connectivity index (χ0) is 17.4. The lowest BCUT2D eigenvalue weighted by atomic mass is 9.70. The molecular weight excluding hydrogens is 316 g/mol. The molecule has 0 heterocycles. The van der Waals surface area contributed by atoms with E-state index >= 15 is 0 Å². The summed E-state index contributed by atoms with van der Waals surface area (Å²) in [5.41, 5.74) is -0.114. The second-order valence-electron chi connectivity index (χ2n) is 7.85. The molecule has 0 saturated heterocycles. The van der Waals surface area contributed by atoms with Gasteiger partial charge in [0.1, 0.15) is 0 Å². The molecule has 2 rings (SSSR count). The molecule has 0 aliphatic heterocycles. The molecule has 24 heavy (non-hydrogen) atoms. The lowest BCUT2D eigenvalue weighted by molar-refractivity contribution is -0.295. The largest absolute Gasteiger partial charge is 0.335 e. The van der Waals surface area contributed by atoms with E-state index in [-0.39, 0.29) is 0 Å². The van der Waals surface area contributed by atoms with Crippen LogP contribution in [0.3, 0.4) is 0 Å². The van der Waals surface area contributed by atoms with Crippen molar-refractivity contribution in [3.63, 3.8) is 0 Å². The first-order valence-electron chi connectivity index (χ1n) is 10.1. The Kier molecular flexibility index (Phi) is 8.76. The Morgan fingerprint density at radius 2 is 1.29 bits per heavy atom. The van der Waals surface area contributed by atoms with Crippen molar-refractivity contribution in [3.05, 3.63) is 0 Å². The van der Waals surface area contributed by atoms with Crippen LogP contribution in [-0.2, 0) is 14.2 Å². The predicted octanol–water partition coefficient (Wildman–Crippen LogP) is 5.22. The molecule has 2 aliphatic rings. The molecule has 0 N–H and O–H groups in total. The number of methoxy groups -OCH3 is 3. The van der Waals surface area contributed by atoms with Crippen LogP contribution >= 0.6 is 0 Å². The maximum absolute atomic E-state index is 5.49. The molecule has 2 aliphatic carbocycles. The molecule has 0 aromatic rings. The van der Waals surface area contributed by atoms with E-state index in [0.717, 1.165) is 17.8 Å². The standard InChI is InChI=1S/C20H38O3Si/c1-5-6-7-16-8-10-17(11-9-16)18-12-14-19(15-13-18)24-20(21-2,22-3)23-4/h16-19H,5-15H2,1-4H3. The van der Waals surface area contributed by atoms with Crippen LogP contribution in [0.15, 0.2) is 0 Å². The van der Waals surface area contributed by atoms with E-state index in [4.69, 9.17) is 14.2 Å². The average molecular weight is 355 g/mol. The first-order valence-corrected chi connectivity index (χ1v) is 11.2. The summed E-state index contributed by atoms with van der Waals surface area (Å²) in [6.45, 7) is 2.32. The third-order valence-corrected chi connectivity index (χ3v) is 8.43. The van der Waals surface area contributed by atoms with Crippen LogP contribution < -0.4 is 0 Å². The molecular formula is C20H38O3Si. The quantitative estimate of drug-likeness (QED) is 0.420. The lowest BCUT2D eigenvalue weighted by Crippen LogP contribution is -2.45. The summed E-state index contributed by atoms with van der Waals surface area (Å²) < 4.78 is 16.5. The Hall–Kier alpha value is 0.0969. The van der Waals surface area contributed by atoms with Crippen molar-refractivity contribution < 1.29 is 14.2 Å². The predicted molar refractivity (Wildman–Crippen MR) is 100 cm³/mol. The summed E-state index contributed by atoms with van der Waals surface area (Å²) in [7, 11) is 5.62. The summed E-state index contributed by atoms with van der Waals surface area (Å²) in [5, 5.41) is 0. The average Bonchev–Trinajstić information content (AvgIpc) is 2.65. The van der Waals surface area contributed by atoms with Gasteiger partial charge in [-0.15, -0.1) is 0 Å². The van der Waals surface area contributed by atoms with Gasteiger partial charge in [0.2, 0.25) is 0 Å². The fraction of sp³-hybridized carbons (Fsp3) is 1.00. The first kappa shape index (κ1) is 20.4. The SMILES string of the molecule is CCCCC1CCC(C2CCC([Si]C(OC)(OC)OC)CC2)CC1. The summed E-state index contributed by atoms with van der Waals surface area (Å²) in [4.78, 5) is 0. The maximum atomic E-state index is 5.49. The lowest BCUT2D eigenvalue weighted by Gasteiger charge is -2.39. The highest BCUT2D eigenvalue weighted by Crippen LogP contribution is 2.44. The van der Waals surface area contributed by atoms with E-state index in [1.165, 1.54) is 70.6 Å². The zero-order valence-corrected chi connectivity index (χ0v) is 17.3. The van der Waals surface area contributed by atoms with Gasteiger partial charge in [0, 0.05) is 21.3 Å². The number of hydrogen-bond donors (Lipinski definition) is 0. The van der Waals surface area contributed by atoms with Crippen LogP contribution in [-0.4, -0.2) is 36.4 Å². The molecule has 0 unspecified atom stereocenters. The van der Waals surface area contributed by atoms with Gasteiger partial charge >= 0.3 is 0 Å². The van der Waals surface area contributed by atoms with Gasteiger partial charge in [-0.3, -0.25) is 0 Å². The summed E-state index contributed by atoms with van der Waals surface area (Å²) in [6.07, 6.45) is 15.7. The van der Waals surface area contributed by atoms with Crippen molar-refractivity contribution in [1.29, 1.82) is 0 Å². The van der Waals surface area contributed by atoms with Crippen molar-refractivity contribution in [2.24, 2.45) is 17.8 Å². The van der Waals surface area contributed by atoms with Crippen LogP contribution in [0.1, 0.15) is 77.6 Å². The van der Waals surface area contributed by atoms with E-state index in [0.29, 0.717) is 15.1 Å². The molecule has 140 valence electrons. The van der Waals surface area contributed by atoms with E-state index in [1.807, 2.05) is 0 Å². The smallest absolute Gasteiger partial charge is 0.251 e. The molecule has 0 atom stereocenters. The van der Waals surface area contributed by atoms with E-state index in [2.05, 4.69) is 6.92 Å². The van der Waals surface area contributed by atoms with Crippen LogP contribution in [0, 0.1) is 17.8 Å².